The molecular weight excluding hydrogens is 286 g/mol. The summed E-state index contributed by atoms with van der Waals surface area (Å²) in [7, 11) is -3.67. The minimum Gasteiger partial charge on any atom is -0.481 e. The summed E-state index contributed by atoms with van der Waals surface area (Å²) in [5.74, 6) is -0.968. The van der Waals surface area contributed by atoms with Gasteiger partial charge in [0.15, 0.2) is 0 Å². The third-order valence-corrected chi connectivity index (χ3v) is 4.98. The Kier molecular flexibility index (Phi) is 4.41. The third kappa shape index (κ3) is 3.35. The second kappa shape index (κ2) is 5.90. The average Bonchev–Trinajstić information content (AvgIpc) is 2.86. The molecule has 1 aliphatic heterocycles. The van der Waals surface area contributed by atoms with Crippen molar-refractivity contribution in [3.63, 3.8) is 0 Å². The standard InChI is InChI=1S/C11H17N3O5S/c15-9-2-1-4-14(7-9)20(18,19)10-6-12-13(8-10)5-3-11(16)17/h6,8-9,15H,1-5,7H2,(H,16,17)/t9-/m0/s1. The molecule has 2 N–H and O–H groups in total. The first-order chi connectivity index (χ1) is 9.39. The van der Waals surface area contributed by atoms with E-state index in [1.165, 1.54) is 21.4 Å². The summed E-state index contributed by atoms with van der Waals surface area (Å²) in [6.45, 7) is 0.579. The molecule has 1 saturated heterocycles. The van der Waals surface area contributed by atoms with Gasteiger partial charge in [-0.25, -0.2) is 8.42 Å². The normalized spacial score (nSPS) is 20.9. The number of carboxylic acids is 1. The largest absolute Gasteiger partial charge is 0.481 e. The zero-order valence-corrected chi connectivity index (χ0v) is 11.7. The first-order valence-corrected chi connectivity index (χ1v) is 7.76. The number of piperidine rings is 1. The lowest BCUT2D eigenvalue weighted by molar-refractivity contribution is -0.137. The zero-order valence-electron chi connectivity index (χ0n) is 10.8. The molecule has 0 spiro atoms. The molecule has 1 aromatic heterocycles. The monoisotopic (exact) mass is 303 g/mol. The fourth-order valence-electron chi connectivity index (χ4n) is 2.10. The number of β-amino-alcohol motifs (C(OH)–C–C–N with tert-alkyl or cyclic N) is 1. The predicted octanol–water partition coefficient (Wildman–Crippen LogP) is -0.497. The highest BCUT2D eigenvalue weighted by atomic mass is 32.2. The molecule has 0 aliphatic carbocycles. The van der Waals surface area contributed by atoms with Gasteiger partial charge in [-0.3, -0.25) is 9.48 Å². The third-order valence-electron chi connectivity index (χ3n) is 3.16. The average molecular weight is 303 g/mol. The van der Waals surface area contributed by atoms with Gasteiger partial charge < -0.3 is 10.2 Å². The van der Waals surface area contributed by atoms with Crippen LogP contribution in [0.15, 0.2) is 17.3 Å². The Morgan fingerprint density at radius 2 is 2.25 bits per heavy atom. The molecule has 0 unspecified atom stereocenters. The van der Waals surface area contributed by atoms with Crippen LogP contribution in [0.5, 0.6) is 0 Å². The van der Waals surface area contributed by atoms with Crippen molar-refractivity contribution in [3.05, 3.63) is 12.4 Å². The van der Waals surface area contributed by atoms with Crippen molar-refractivity contribution in [2.45, 2.75) is 36.8 Å². The molecular formula is C11H17N3O5S. The van der Waals surface area contributed by atoms with Crippen LogP contribution < -0.4 is 0 Å². The molecule has 1 atom stereocenters. The summed E-state index contributed by atoms with van der Waals surface area (Å²) >= 11 is 0. The van der Waals surface area contributed by atoms with Crippen LogP contribution in [-0.2, 0) is 21.4 Å². The first kappa shape index (κ1) is 14.9. The number of aliphatic carboxylic acids is 1. The predicted molar refractivity (Wildman–Crippen MR) is 68.5 cm³/mol. The van der Waals surface area contributed by atoms with Gasteiger partial charge in [0.05, 0.1) is 25.3 Å². The van der Waals surface area contributed by atoms with E-state index >= 15 is 0 Å². The second-order valence-electron chi connectivity index (χ2n) is 4.74. The van der Waals surface area contributed by atoms with E-state index in [0.29, 0.717) is 19.4 Å². The van der Waals surface area contributed by atoms with Crippen LogP contribution in [0.3, 0.4) is 0 Å². The number of hydrogen-bond donors (Lipinski definition) is 2. The van der Waals surface area contributed by atoms with Gasteiger partial charge in [0.1, 0.15) is 4.90 Å². The van der Waals surface area contributed by atoms with Gasteiger partial charge in [0, 0.05) is 19.3 Å². The molecule has 1 aliphatic rings. The SMILES string of the molecule is O=C(O)CCn1cc(S(=O)(=O)N2CCC[C@H](O)C2)cn1. The highest BCUT2D eigenvalue weighted by Crippen LogP contribution is 2.20. The van der Waals surface area contributed by atoms with Crippen LogP contribution in [0.2, 0.25) is 0 Å². The van der Waals surface area contributed by atoms with E-state index in [0.717, 1.165) is 0 Å². The van der Waals surface area contributed by atoms with Crippen LogP contribution >= 0.6 is 0 Å². The minimum atomic E-state index is -3.67. The minimum absolute atomic E-state index is 0.0250. The zero-order chi connectivity index (χ0) is 14.8. The van der Waals surface area contributed by atoms with E-state index in [1.54, 1.807) is 0 Å². The highest BCUT2D eigenvalue weighted by Gasteiger charge is 2.30. The molecule has 0 aromatic carbocycles. The summed E-state index contributed by atoms with van der Waals surface area (Å²) in [6.07, 6.45) is 2.99. The Morgan fingerprint density at radius 1 is 1.50 bits per heavy atom. The molecule has 1 fully saturated rings. The lowest BCUT2D eigenvalue weighted by Gasteiger charge is -2.28. The van der Waals surface area contributed by atoms with Gasteiger partial charge in [-0.05, 0) is 12.8 Å². The maximum Gasteiger partial charge on any atom is 0.305 e. The van der Waals surface area contributed by atoms with Crippen LogP contribution in [0.25, 0.3) is 0 Å². The molecule has 20 heavy (non-hydrogen) atoms. The molecule has 112 valence electrons. The van der Waals surface area contributed by atoms with Gasteiger partial charge in [-0.2, -0.15) is 9.40 Å². The Balaban J connectivity index is 2.11. The van der Waals surface area contributed by atoms with Crippen molar-refractivity contribution < 1.29 is 23.4 Å². The van der Waals surface area contributed by atoms with E-state index in [9.17, 15) is 18.3 Å². The number of carbonyl (C=O) groups is 1. The number of sulfonamides is 1. The maximum atomic E-state index is 12.3. The Labute approximate surface area is 116 Å². The highest BCUT2D eigenvalue weighted by molar-refractivity contribution is 7.89. The molecule has 1 aromatic rings. The van der Waals surface area contributed by atoms with Crippen LogP contribution in [0, 0.1) is 0 Å². The van der Waals surface area contributed by atoms with Crippen LogP contribution in [-0.4, -0.2) is 57.9 Å². The number of nitrogens with zero attached hydrogens (tertiary/aromatic N) is 3. The maximum absolute atomic E-state index is 12.3. The number of aryl methyl sites for hydroxylation is 1. The topological polar surface area (TPSA) is 113 Å². The fraction of sp³-hybridized carbons (Fsp3) is 0.636. The molecule has 0 radical (unpaired) electrons. The molecule has 0 bridgehead atoms. The number of aliphatic hydroxyl groups excluding tert-OH is 1. The van der Waals surface area contributed by atoms with Crippen LogP contribution in [0.1, 0.15) is 19.3 Å². The molecule has 2 rings (SSSR count). The number of rotatable bonds is 5. The smallest absolute Gasteiger partial charge is 0.305 e. The van der Waals surface area contributed by atoms with Crippen molar-refractivity contribution in [1.29, 1.82) is 0 Å². The second-order valence-corrected chi connectivity index (χ2v) is 6.68. The molecule has 8 nitrogen and oxygen atoms in total. The van der Waals surface area contributed by atoms with Crippen molar-refractivity contribution >= 4 is 16.0 Å². The van der Waals surface area contributed by atoms with E-state index in [4.69, 9.17) is 5.11 Å². The number of aromatic nitrogens is 2. The Hall–Kier alpha value is -1.45. The fourth-order valence-corrected chi connectivity index (χ4v) is 3.57. The Bertz CT molecular complexity index is 583. The summed E-state index contributed by atoms with van der Waals surface area (Å²) < 4.78 is 27.2. The number of carboxylic acid groups (broad SMARTS) is 1. The van der Waals surface area contributed by atoms with Crippen LogP contribution in [0.4, 0.5) is 0 Å². The van der Waals surface area contributed by atoms with Gasteiger partial charge in [-0.1, -0.05) is 0 Å². The molecule has 9 heteroatoms. The lowest BCUT2D eigenvalue weighted by atomic mass is 10.1. The molecule has 0 amide bonds. The first-order valence-electron chi connectivity index (χ1n) is 6.32. The number of hydrogen-bond acceptors (Lipinski definition) is 5. The van der Waals surface area contributed by atoms with Crippen molar-refractivity contribution in [2.75, 3.05) is 13.1 Å². The Morgan fingerprint density at radius 3 is 2.90 bits per heavy atom. The summed E-state index contributed by atoms with van der Waals surface area (Å²) in [5.41, 5.74) is 0. The van der Waals surface area contributed by atoms with Gasteiger partial charge in [0.25, 0.3) is 0 Å². The van der Waals surface area contributed by atoms with Gasteiger partial charge in [-0.15, -0.1) is 0 Å². The van der Waals surface area contributed by atoms with Gasteiger partial charge >= 0.3 is 5.97 Å². The van der Waals surface area contributed by atoms with Crippen molar-refractivity contribution in [1.82, 2.24) is 14.1 Å². The molecule has 2 heterocycles. The van der Waals surface area contributed by atoms with Gasteiger partial charge in [0.2, 0.25) is 10.0 Å². The number of aliphatic hydroxyl groups is 1. The molecule has 0 saturated carbocycles. The quantitative estimate of drug-likeness (QED) is 0.758. The van der Waals surface area contributed by atoms with Crippen molar-refractivity contribution in [3.8, 4) is 0 Å². The van der Waals surface area contributed by atoms with E-state index in [1.807, 2.05) is 0 Å². The van der Waals surface area contributed by atoms with E-state index in [2.05, 4.69) is 5.10 Å². The lowest BCUT2D eigenvalue weighted by Crippen LogP contribution is -2.41. The van der Waals surface area contributed by atoms with E-state index in [-0.39, 0.29) is 24.4 Å². The summed E-state index contributed by atoms with van der Waals surface area (Å²) in [5, 5.41) is 22.0. The van der Waals surface area contributed by atoms with E-state index < -0.39 is 22.1 Å². The summed E-state index contributed by atoms with van der Waals surface area (Å²) in [4.78, 5) is 10.5. The van der Waals surface area contributed by atoms with Crippen molar-refractivity contribution in [2.24, 2.45) is 0 Å². The summed E-state index contributed by atoms with van der Waals surface area (Å²) in [6, 6.07) is 0.